The lowest BCUT2D eigenvalue weighted by Crippen LogP contribution is -2.43. The fourth-order valence-corrected chi connectivity index (χ4v) is 1.96. The van der Waals surface area contributed by atoms with Gasteiger partial charge in [-0.05, 0) is 6.42 Å². The molecule has 1 rings (SSSR count). The first-order chi connectivity index (χ1) is 8.60. The van der Waals surface area contributed by atoms with E-state index in [-0.39, 0.29) is 12.6 Å². The van der Waals surface area contributed by atoms with Crippen LogP contribution in [0.5, 0.6) is 0 Å². The molecule has 0 saturated carbocycles. The quantitative estimate of drug-likeness (QED) is 0.708. The Balaban J connectivity index is 2.55. The van der Waals surface area contributed by atoms with Gasteiger partial charge in [0.15, 0.2) is 0 Å². The van der Waals surface area contributed by atoms with Crippen LogP contribution in [0.4, 0.5) is 4.79 Å². The first-order valence-corrected chi connectivity index (χ1v) is 5.96. The number of rotatable bonds is 6. The average Bonchev–Trinajstić information content (AvgIpc) is 2.83. The topological polar surface area (TPSA) is 70.1 Å². The number of urea groups is 1. The Kier molecular flexibility index (Phi) is 5.64. The zero-order valence-electron chi connectivity index (χ0n) is 10.7. The molecule has 18 heavy (non-hydrogen) atoms. The van der Waals surface area contributed by atoms with Gasteiger partial charge in [-0.1, -0.05) is 6.08 Å². The highest BCUT2D eigenvalue weighted by molar-refractivity contribution is 5.77. The first kappa shape index (κ1) is 14.5. The van der Waals surface area contributed by atoms with Crippen molar-refractivity contribution < 1.29 is 19.4 Å². The second kappa shape index (κ2) is 7.00. The summed E-state index contributed by atoms with van der Waals surface area (Å²) in [4.78, 5) is 26.2. The Morgan fingerprint density at radius 3 is 2.83 bits per heavy atom. The fourth-order valence-electron chi connectivity index (χ4n) is 1.96. The summed E-state index contributed by atoms with van der Waals surface area (Å²) in [6.45, 7) is 5.77. The van der Waals surface area contributed by atoms with E-state index in [4.69, 9.17) is 9.84 Å². The largest absolute Gasteiger partial charge is 0.481 e. The molecule has 102 valence electrons. The number of hydrogen-bond donors (Lipinski definition) is 1. The Bertz CT molecular complexity index is 319. The molecule has 1 heterocycles. The smallest absolute Gasteiger partial charge is 0.320 e. The lowest BCUT2D eigenvalue weighted by molar-refractivity contribution is -0.141. The van der Waals surface area contributed by atoms with Gasteiger partial charge in [0.1, 0.15) is 0 Å². The molecule has 0 spiro atoms. The Hall–Kier alpha value is -1.56. The maximum Gasteiger partial charge on any atom is 0.320 e. The maximum absolute atomic E-state index is 12.2. The summed E-state index contributed by atoms with van der Waals surface area (Å²) in [6.07, 6.45) is 2.17. The molecule has 0 aromatic carbocycles. The van der Waals surface area contributed by atoms with Crippen molar-refractivity contribution in [3.8, 4) is 0 Å². The summed E-state index contributed by atoms with van der Waals surface area (Å²) >= 11 is 0. The number of likely N-dealkylation sites (tertiary alicyclic amines) is 1. The SMILES string of the molecule is C=CCN(CCOC)C(=O)N1CCC(C(=O)O)C1. The summed E-state index contributed by atoms with van der Waals surface area (Å²) in [5.74, 6) is -1.28. The van der Waals surface area contributed by atoms with Crippen molar-refractivity contribution in [2.45, 2.75) is 6.42 Å². The first-order valence-electron chi connectivity index (χ1n) is 5.96. The van der Waals surface area contributed by atoms with Crippen LogP contribution in [0.2, 0.25) is 0 Å². The zero-order chi connectivity index (χ0) is 13.5. The third-order valence-corrected chi connectivity index (χ3v) is 2.99. The zero-order valence-corrected chi connectivity index (χ0v) is 10.7. The molecule has 6 heteroatoms. The van der Waals surface area contributed by atoms with E-state index in [1.807, 2.05) is 0 Å². The van der Waals surface area contributed by atoms with Crippen molar-refractivity contribution in [2.24, 2.45) is 5.92 Å². The van der Waals surface area contributed by atoms with Crippen molar-refractivity contribution in [3.63, 3.8) is 0 Å². The lowest BCUT2D eigenvalue weighted by Gasteiger charge is -2.26. The highest BCUT2D eigenvalue weighted by Gasteiger charge is 2.32. The van der Waals surface area contributed by atoms with Gasteiger partial charge in [0, 0.05) is 33.3 Å². The molecule has 2 amide bonds. The van der Waals surface area contributed by atoms with E-state index in [0.29, 0.717) is 32.7 Å². The number of hydrogen-bond acceptors (Lipinski definition) is 3. The maximum atomic E-state index is 12.2. The monoisotopic (exact) mass is 256 g/mol. The molecular formula is C12H20N2O4. The number of carbonyl (C=O) groups is 2. The van der Waals surface area contributed by atoms with Crippen LogP contribution in [0.15, 0.2) is 12.7 Å². The van der Waals surface area contributed by atoms with Gasteiger partial charge in [-0.15, -0.1) is 6.58 Å². The average molecular weight is 256 g/mol. The molecule has 0 radical (unpaired) electrons. The van der Waals surface area contributed by atoms with E-state index in [1.54, 1.807) is 23.0 Å². The summed E-state index contributed by atoms with van der Waals surface area (Å²) in [5, 5.41) is 8.91. The predicted octanol–water partition coefficient (Wildman–Crippen LogP) is 0.647. The number of nitrogens with zero attached hydrogens (tertiary/aromatic N) is 2. The van der Waals surface area contributed by atoms with E-state index in [9.17, 15) is 9.59 Å². The molecule has 1 atom stereocenters. The van der Waals surface area contributed by atoms with E-state index >= 15 is 0 Å². The minimum absolute atomic E-state index is 0.143. The predicted molar refractivity (Wildman–Crippen MR) is 66.4 cm³/mol. The molecule has 1 saturated heterocycles. The van der Waals surface area contributed by atoms with Gasteiger partial charge in [0.2, 0.25) is 0 Å². The molecule has 1 aliphatic rings. The van der Waals surface area contributed by atoms with Gasteiger partial charge in [-0.2, -0.15) is 0 Å². The van der Waals surface area contributed by atoms with Gasteiger partial charge >= 0.3 is 12.0 Å². The van der Waals surface area contributed by atoms with Gasteiger partial charge in [-0.25, -0.2) is 4.79 Å². The Morgan fingerprint density at radius 1 is 1.61 bits per heavy atom. The number of carboxylic acid groups (broad SMARTS) is 1. The van der Waals surface area contributed by atoms with Crippen LogP contribution in [0.3, 0.4) is 0 Å². The number of aliphatic carboxylic acids is 1. The van der Waals surface area contributed by atoms with Crippen LogP contribution in [-0.4, -0.2) is 66.8 Å². The van der Waals surface area contributed by atoms with Crippen LogP contribution in [0.25, 0.3) is 0 Å². The number of carboxylic acids is 1. The number of carbonyl (C=O) groups excluding carboxylic acids is 1. The normalized spacial score (nSPS) is 18.7. The van der Waals surface area contributed by atoms with Gasteiger partial charge < -0.3 is 19.6 Å². The van der Waals surface area contributed by atoms with Crippen molar-refractivity contribution in [1.82, 2.24) is 9.80 Å². The second-order valence-corrected chi connectivity index (χ2v) is 4.28. The third-order valence-electron chi connectivity index (χ3n) is 2.99. The standard InChI is InChI=1S/C12H20N2O4/c1-3-5-13(7-8-18-2)12(17)14-6-4-10(9-14)11(15)16/h3,10H,1,4-9H2,2H3,(H,15,16). The molecule has 0 aromatic rings. The van der Waals surface area contributed by atoms with Gasteiger partial charge in [0.25, 0.3) is 0 Å². The van der Waals surface area contributed by atoms with Crippen LogP contribution in [0, 0.1) is 5.92 Å². The molecule has 6 nitrogen and oxygen atoms in total. The molecule has 1 unspecified atom stereocenters. The number of ether oxygens (including phenoxy) is 1. The van der Waals surface area contributed by atoms with Gasteiger partial charge in [0.05, 0.1) is 12.5 Å². The summed E-state index contributed by atoms with van der Waals surface area (Å²) in [5.41, 5.74) is 0. The van der Waals surface area contributed by atoms with Crippen molar-refractivity contribution in [2.75, 3.05) is 39.9 Å². The minimum Gasteiger partial charge on any atom is -0.481 e. The Morgan fingerprint density at radius 2 is 2.33 bits per heavy atom. The van der Waals surface area contributed by atoms with Crippen LogP contribution >= 0.6 is 0 Å². The van der Waals surface area contributed by atoms with E-state index in [0.717, 1.165) is 0 Å². The number of amides is 2. The fraction of sp³-hybridized carbons (Fsp3) is 0.667. The Labute approximate surface area is 107 Å². The van der Waals surface area contributed by atoms with Crippen LogP contribution in [0.1, 0.15) is 6.42 Å². The van der Waals surface area contributed by atoms with E-state index < -0.39 is 11.9 Å². The van der Waals surface area contributed by atoms with Crippen molar-refractivity contribution in [1.29, 1.82) is 0 Å². The highest BCUT2D eigenvalue weighted by Crippen LogP contribution is 2.17. The molecule has 1 N–H and O–H groups in total. The summed E-state index contributed by atoms with van der Waals surface area (Å²) in [7, 11) is 1.58. The molecule has 1 fully saturated rings. The molecule has 0 aliphatic carbocycles. The van der Waals surface area contributed by atoms with E-state index in [1.165, 1.54) is 0 Å². The van der Waals surface area contributed by atoms with Gasteiger partial charge in [-0.3, -0.25) is 4.79 Å². The van der Waals surface area contributed by atoms with E-state index in [2.05, 4.69) is 6.58 Å². The molecule has 0 bridgehead atoms. The number of methoxy groups -OCH3 is 1. The molecular weight excluding hydrogens is 236 g/mol. The van der Waals surface area contributed by atoms with Crippen molar-refractivity contribution in [3.05, 3.63) is 12.7 Å². The second-order valence-electron chi connectivity index (χ2n) is 4.28. The summed E-state index contributed by atoms with van der Waals surface area (Å²) in [6, 6.07) is -0.143. The minimum atomic E-state index is -0.836. The van der Waals surface area contributed by atoms with Crippen molar-refractivity contribution >= 4 is 12.0 Å². The van der Waals surface area contributed by atoms with Crippen LogP contribution in [-0.2, 0) is 9.53 Å². The molecule has 1 aliphatic heterocycles. The molecule has 0 aromatic heterocycles. The summed E-state index contributed by atoms with van der Waals surface area (Å²) < 4.78 is 4.95. The highest BCUT2D eigenvalue weighted by atomic mass is 16.5. The third kappa shape index (κ3) is 3.73. The lowest BCUT2D eigenvalue weighted by atomic mass is 10.1. The van der Waals surface area contributed by atoms with Crippen LogP contribution < -0.4 is 0 Å².